The van der Waals surface area contributed by atoms with Gasteiger partial charge in [-0.1, -0.05) is 24.1 Å². The first-order valence-electron chi connectivity index (χ1n) is 5.92. The Hall–Kier alpha value is -0.850. The van der Waals surface area contributed by atoms with Crippen LogP contribution >= 0.6 is 0 Å². The summed E-state index contributed by atoms with van der Waals surface area (Å²) in [4.78, 5) is 11.6. The molecule has 0 saturated carbocycles. The Balaban J connectivity index is 2.38. The van der Waals surface area contributed by atoms with Crippen molar-refractivity contribution in [2.75, 3.05) is 0 Å². The topological polar surface area (TPSA) is 17.1 Å². The fourth-order valence-electron chi connectivity index (χ4n) is 2.96. The molecule has 1 nitrogen and oxygen atoms in total. The third-order valence-corrected chi connectivity index (χ3v) is 4.11. The lowest BCUT2D eigenvalue weighted by Gasteiger charge is -2.25. The van der Waals surface area contributed by atoms with E-state index in [1.54, 1.807) is 6.92 Å². The number of rotatable bonds is 1. The van der Waals surface area contributed by atoms with E-state index >= 15 is 0 Å². The van der Waals surface area contributed by atoms with Crippen LogP contribution in [0, 0.1) is 5.41 Å². The van der Waals surface area contributed by atoms with Gasteiger partial charge in [0.05, 0.1) is 0 Å². The lowest BCUT2D eigenvalue weighted by molar-refractivity contribution is -0.113. The molecule has 2 aliphatic rings. The second-order valence-electron chi connectivity index (χ2n) is 5.33. The van der Waals surface area contributed by atoms with Gasteiger partial charge in [-0.15, -0.1) is 0 Å². The van der Waals surface area contributed by atoms with Gasteiger partial charge in [-0.25, -0.2) is 0 Å². The predicted molar refractivity (Wildman–Crippen MR) is 62.7 cm³/mol. The highest BCUT2D eigenvalue weighted by Crippen LogP contribution is 2.49. The highest BCUT2D eigenvalue weighted by atomic mass is 16.1. The molecular formula is C14H20O. The fourth-order valence-corrected chi connectivity index (χ4v) is 2.96. The second-order valence-corrected chi connectivity index (χ2v) is 5.33. The van der Waals surface area contributed by atoms with Crippen molar-refractivity contribution in [3.05, 3.63) is 22.8 Å². The van der Waals surface area contributed by atoms with E-state index < -0.39 is 0 Å². The number of carbonyl (C=O) groups excluding carboxylic acids is 1. The molecule has 82 valence electrons. The molecule has 0 fully saturated rings. The molecule has 0 aromatic heterocycles. The third kappa shape index (κ3) is 1.80. The van der Waals surface area contributed by atoms with E-state index in [9.17, 15) is 4.79 Å². The summed E-state index contributed by atoms with van der Waals surface area (Å²) < 4.78 is 0. The molecule has 2 aliphatic carbocycles. The van der Waals surface area contributed by atoms with Gasteiger partial charge in [0.2, 0.25) is 0 Å². The Bertz CT molecular complexity index is 360. The zero-order valence-electron chi connectivity index (χ0n) is 10.0. The van der Waals surface area contributed by atoms with Crippen LogP contribution in [-0.4, -0.2) is 5.78 Å². The lowest BCUT2D eigenvalue weighted by atomic mass is 9.79. The number of ketones is 1. The average molecular weight is 204 g/mol. The molecule has 1 heteroatoms. The van der Waals surface area contributed by atoms with Gasteiger partial charge in [0, 0.05) is 0 Å². The fraction of sp³-hybridized carbons (Fsp3) is 0.643. The van der Waals surface area contributed by atoms with Crippen LogP contribution < -0.4 is 0 Å². The zero-order valence-corrected chi connectivity index (χ0v) is 10.0. The van der Waals surface area contributed by atoms with Crippen molar-refractivity contribution in [1.29, 1.82) is 0 Å². The van der Waals surface area contributed by atoms with Gasteiger partial charge >= 0.3 is 0 Å². The third-order valence-electron chi connectivity index (χ3n) is 4.11. The maximum absolute atomic E-state index is 11.6. The first-order valence-corrected chi connectivity index (χ1v) is 5.92. The molecule has 0 radical (unpaired) electrons. The summed E-state index contributed by atoms with van der Waals surface area (Å²) in [5.41, 5.74) is 4.38. The number of allylic oxidation sites excluding steroid dienone is 4. The number of carbonyl (C=O) groups is 1. The van der Waals surface area contributed by atoms with Gasteiger partial charge in [0.25, 0.3) is 0 Å². The standard InChI is InChI=1S/C14H20O/c1-10-4-5-13-12(11(2)15)7-9-14(13,3)8-6-10/h6H,4-5,7-9H2,1-3H3/t14-/m1/s1. The summed E-state index contributed by atoms with van der Waals surface area (Å²) in [5, 5.41) is 0. The molecule has 0 bridgehead atoms. The summed E-state index contributed by atoms with van der Waals surface area (Å²) in [6.07, 6.45) is 7.92. The van der Waals surface area contributed by atoms with E-state index in [0.29, 0.717) is 11.2 Å². The minimum absolute atomic E-state index is 0.290. The highest BCUT2D eigenvalue weighted by Gasteiger charge is 2.37. The van der Waals surface area contributed by atoms with E-state index in [1.807, 2.05) is 0 Å². The summed E-state index contributed by atoms with van der Waals surface area (Å²) in [7, 11) is 0. The number of hydrogen-bond acceptors (Lipinski definition) is 1. The molecule has 0 aromatic rings. The summed E-state index contributed by atoms with van der Waals surface area (Å²) in [6, 6.07) is 0. The average Bonchev–Trinajstić information content (AvgIpc) is 2.43. The number of hydrogen-bond donors (Lipinski definition) is 0. The first-order chi connectivity index (χ1) is 7.03. The van der Waals surface area contributed by atoms with E-state index in [0.717, 1.165) is 31.3 Å². The molecule has 15 heavy (non-hydrogen) atoms. The van der Waals surface area contributed by atoms with E-state index in [-0.39, 0.29) is 0 Å². The van der Waals surface area contributed by atoms with E-state index in [1.165, 1.54) is 17.6 Å². The second kappa shape index (κ2) is 3.62. The lowest BCUT2D eigenvalue weighted by Crippen LogP contribution is -2.14. The molecule has 0 unspecified atom stereocenters. The van der Waals surface area contributed by atoms with Crippen molar-refractivity contribution >= 4 is 5.78 Å². The normalized spacial score (nSPS) is 31.0. The van der Waals surface area contributed by atoms with Crippen LogP contribution in [-0.2, 0) is 4.79 Å². The van der Waals surface area contributed by atoms with Crippen LogP contribution in [0.4, 0.5) is 0 Å². The number of Topliss-reactive ketones (excluding diaryl/α,β-unsaturated/α-hetero) is 1. The first kappa shape index (κ1) is 10.7. The molecule has 2 rings (SSSR count). The Morgan fingerprint density at radius 1 is 1.33 bits per heavy atom. The zero-order chi connectivity index (χ0) is 11.1. The Kier molecular flexibility index (Phi) is 2.57. The van der Waals surface area contributed by atoms with Gasteiger partial charge in [-0.05, 0) is 56.9 Å². The molecule has 0 aliphatic heterocycles. The van der Waals surface area contributed by atoms with E-state index in [2.05, 4.69) is 19.9 Å². The SMILES string of the molecule is CC(=O)C1=C2CCC(C)=CC[C@]2(C)CC1. The summed E-state index contributed by atoms with van der Waals surface area (Å²) in [5.74, 6) is 0.299. The molecule has 0 N–H and O–H groups in total. The van der Waals surface area contributed by atoms with Crippen LogP contribution in [0.3, 0.4) is 0 Å². The van der Waals surface area contributed by atoms with Crippen molar-refractivity contribution in [3.8, 4) is 0 Å². The highest BCUT2D eigenvalue weighted by molar-refractivity contribution is 5.94. The quantitative estimate of drug-likeness (QED) is 0.594. The molecule has 0 heterocycles. The van der Waals surface area contributed by atoms with Crippen molar-refractivity contribution in [2.24, 2.45) is 5.41 Å². The van der Waals surface area contributed by atoms with Gasteiger partial charge in [0.15, 0.2) is 5.78 Å². The molecular weight excluding hydrogens is 184 g/mol. The minimum Gasteiger partial charge on any atom is -0.295 e. The minimum atomic E-state index is 0.290. The van der Waals surface area contributed by atoms with Crippen molar-refractivity contribution in [2.45, 2.75) is 52.9 Å². The van der Waals surface area contributed by atoms with Crippen LogP contribution in [0.1, 0.15) is 52.9 Å². The monoisotopic (exact) mass is 204 g/mol. The molecule has 0 saturated heterocycles. The maximum atomic E-state index is 11.6. The van der Waals surface area contributed by atoms with Crippen molar-refractivity contribution < 1.29 is 4.79 Å². The van der Waals surface area contributed by atoms with Crippen molar-refractivity contribution in [1.82, 2.24) is 0 Å². The summed E-state index contributed by atoms with van der Waals surface area (Å²) >= 11 is 0. The Labute approximate surface area is 92.3 Å². The van der Waals surface area contributed by atoms with Crippen LogP contribution in [0.15, 0.2) is 22.8 Å². The Morgan fingerprint density at radius 2 is 2.07 bits per heavy atom. The predicted octanol–water partition coefficient (Wildman–Crippen LogP) is 3.80. The van der Waals surface area contributed by atoms with Crippen LogP contribution in [0.5, 0.6) is 0 Å². The van der Waals surface area contributed by atoms with Crippen LogP contribution in [0.25, 0.3) is 0 Å². The maximum Gasteiger partial charge on any atom is 0.155 e. The molecule has 1 atom stereocenters. The summed E-state index contributed by atoms with van der Waals surface area (Å²) in [6.45, 7) is 6.25. The van der Waals surface area contributed by atoms with E-state index in [4.69, 9.17) is 0 Å². The van der Waals surface area contributed by atoms with Gasteiger partial charge < -0.3 is 0 Å². The molecule has 0 amide bonds. The van der Waals surface area contributed by atoms with Gasteiger partial charge in [-0.3, -0.25) is 4.79 Å². The van der Waals surface area contributed by atoms with Crippen molar-refractivity contribution in [3.63, 3.8) is 0 Å². The largest absolute Gasteiger partial charge is 0.295 e. The van der Waals surface area contributed by atoms with Gasteiger partial charge in [0.1, 0.15) is 0 Å². The van der Waals surface area contributed by atoms with Gasteiger partial charge in [-0.2, -0.15) is 0 Å². The molecule has 0 spiro atoms. The van der Waals surface area contributed by atoms with Crippen LogP contribution in [0.2, 0.25) is 0 Å². The smallest absolute Gasteiger partial charge is 0.155 e. The Morgan fingerprint density at radius 3 is 2.73 bits per heavy atom. The molecule has 0 aromatic carbocycles. The number of fused-ring (bicyclic) bond motifs is 1.